The smallest absolute Gasteiger partial charge is 0.410 e. The predicted molar refractivity (Wildman–Crippen MR) is 53.3 cm³/mol. The van der Waals surface area contributed by atoms with Crippen LogP contribution >= 0.6 is 15.9 Å². The van der Waals surface area contributed by atoms with Crippen LogP contribution in [0.25, 0.3) is 0 Å². The van der Waals surface area contributed by atoms with E-state index in [0.29, 0.717) is 6.42 Å². The lowest BCUT2D eigenvalue weighted by atomic mass is 10.0. The number of nitrogens with zero attached hydrogens (tertiary/aromatic N) is 1. The summed E-state index contributed by atoms with van der Waals surface area (Å²) in [6.45, 7) is 0. The van der Waals surface area contributed by atoms with Crippen molar-refractivity contribution in [3.8, 4) is 0 Å². The number of rotatable bonds is 0. The molecule has 2 bridgehead atoms. The van der Waals surface area contributed by atoms with E-state index in [2.05, 4.69) is 20.7 Å². The Kier molecular flexibility index (Phi) is 2.34. The molecule has 1 amide bonds. The van der Waals surface area contributed by atoms with Crippen molar-refractivity contribution in [2.24, 2.45) is 0 Å². The van der Waals surface area contributed by atoms with Gasteiger partial charge in [0, 0.05) is 6.42 Å². The number of ketones is 1. The molecule has 14 heavy (non-hydrogen) atoms. The first-order chi connectivity index (χ1) is 6.65. The average Bonchev–Trinajstić information content (AvgIpc) is 2.52. The van der Waals surface area contributed by atoms with E-state index in [1.807, 2.05) is 12.2 Å². The lowest BCUT2D eigenvalue weighted by molar-refractivity contribution is -0.121. The van der Waals surface area contributed by atoms with Crippen LogP contribution in [0.4, 0.5) is 4.79 Å². The lowest BCUT2D eigenvalue weighted by Gasteiger charge is -2.35. The standard InChI is InChI=1S/C9H10BrNO3/c1-14-9(13)11-5-2-3-6(11)8(10)7(12)4-5/h2-3,5-6,8H,4H2,1H3. The Labute approximate surface area is 90.0 Å². The third-order valence-corrected chi connectivity index (χ3v) is 3.66. The first kappa shape index (κ1) is 9.71. The van der Waals surface area contributed by atoms with Gasteiger partial charge in [-0.2, -0.15) is 0 Å². The van der Waals surface area contributed by atoms with Crippen LogP contribution in [0, 0.1) is 0 Å². The Balaban J connectivity index is 2.24. The predicted octanol–water partition coefficient (Wildman–Crippen LogP) is 1.10. The molecule has 2 heterocycles. The minimum Gasteiger partial charge on any atom is -0.453 e. The lowest BCUT2D eigenvalue weighted by Crippen LogP contribution is -2.53. The van der Waals surface area contributed by atoms with Crippen LogP contribution in [0.15, 0.2) is 12.2 Å². The van der Waals surface area contributed by atoms with E-state index in [1.54, 1.807) is 4.90 Å². The summed E-state index contributed by atoms with van der Waals surface area (Å²) in [5.41, 5.74) is 0. The van der Waals surface area contributed by atoms with Gasteiger partial charge in [-0.15, -0.1) is 0 Å². The van der Waals surface area contributed by atoms with Crippen LogP contribution in [0.3, 0.4) is 0 Å². The molecule has 2 aliphatic rings. The SMILES string of the molecule is COC(=O)N1C2C=CC1C(Br)C(=O)C2. The van der Waals surface area contributed by atoms with Gasteiger partial charge >= 0.3 is 6.09 Å². The van der Waals surface area contributed by atoms with Crippen LogP contribution in [0.5, 0.6) is 0 Å². The van der Waals surface area contributed by atoms with Gasteiger partial charge in [0.05, 0.1) is 24.0 Å². The summed E-state index contributed by atoms with van der Waals surface area (Å²) in [4.78, 5) is 24.2. The summed E-state index contributed by atoms with van der Waals surface area (Å²) in [7, 11) is 1.35. The molecule has 3 unspecified atom stereocenters. The third kappa shape index (κ3) is 1.27. The van der Waals surface area contributed by atoms with Crippen molar-refractivity contribution in [2.75, 3.05) is 7.11 Å². The normalized spacial score (nSPS) is 34.9. The fourth-order valence-electron chi connectivity index (χ4n) is 1.93. The van der Waals surface area contributed by atoms with Gasteiger partial charge in [-0.05, 0) is 0 Å². The zero-order chi connectivity index (χ0) is 10.3. The molecule has 0 saturated carbocycles. The number of amides is 1. The van der Waals surface area contributed by atoms with Crippen molar-refractivity contribution in [3.05, 3.63) is 12.2 Å². The number of alkyl halides is 1. The second kappa shape index (κ2) is 3.38. The van der Waals surface area contributed by atoms with E-state index < -0.39 is 0 Å². The Morgan fingerprint density at radius 3 is 3.00 bits per heavy atom. The Hall–Kier alpha value is -0.840. The van der Waals surface area contributed by atoms with Crippen molar-refractivity contribution in [2.45, 2.75) is 23.3 Å². The fraction of sp³-hybridized carbons (Fsp3) is 0.556. The van der Waals surface area contributed by atoms with E-state index >= 15 is 0 Å². The maximum atomic E-state index is 11.4. The highest BCUT2D eigenvalue weighted by atomic mass is 79.9. The largest absolute Gasteiger partial charge is 0.453 e. The van der Waals surface area contributed by atoms with E-state index in [-0.39, 0.29) is 28.8 Å². The summed E-state index contributed by atoms with van der Waals surface area (Å²) in [5.74, 6) is 0.144. The minimum atomic E-state index is -0.373. The molecule has 0 aromatic carbocycles. The third-order valence-electron chi connectivity index (χ3n) is 2.61. The zero-order valence-corrected chi connectivity index (χ0v) is 9.23. The number of halogens is 1. The molecule has 1 saturated heterocycles. The molecule has 0 N–H and O–H groups in total. The van der Waals surface area contributed by atoms with Crippen molar-refractivity contribution < 1.29 is 14.3 Å². The van der Waals surface area contributed by atoms with Gasteiger partial charge in [0.2, 0.25) is 0 Å². The monoisotopic (exact) mass is 259 g/mol. The second-order valence-corrected chi connectivity index (χ2v) is 4.38. The van der Waals surface area contributed by atoms with Crippen molar-refractivity contribution in [3.63, 3.8) is 0 Å². The fourth-order valence-corrected chi connectivity index (χ4v) is 2.54. The second-order valence-electron chi connectivity index (χ2n) is 3.39. The van der Waals surface area contributed by atoms with Crippen LogP contribution in [0.1, 0.15) is 6.42 Å². The van der Waals surface area contributed by atoms with Gasteiger partial charge in [0.15, 0.2) is 5.78 Å². The van der Waals surface area contributed by atoms with E-state index in [1.165, 1.54) is 7.11 Å². The molecule has 0 aliphatic carbocycles. The number of Topliss-reactive ketones (excluding diaryl/α,β-unsaturated/α-hetero) is 1. The van der Waals surface area contributed by atoms with E-state index in [0.717, 1.165) is 0 Å². The van der Waals surface area contributed by atoms with Crippen LogP contribution in [0.2, 0.25) is 0 Å². The Morgan fingerprint density at radius 1 is 1.64 bits per heavy atom. The molecule has 2 rings (SSSR count). The van der Waals surface area contributed by atoms with Crippen LogP contribution < -0.4 is 0 Å². The first-order valence-corrected chi connectivity index (χ1v) is 5.28. The first-order valence-electron chi connectivity index (χ1n) is 4.36. The number of ether oxygens (including phenoxy) is 1. The number of piperidine rings is 1. The van der Waals surface area contributed by atoms with Gasteiger partial charge in [0.25, 0.3) is 0 Å². The molecule has 2 aliphatic heterocycles. The summed E-state index contributed by atoms with van der Waals surface area (Å²) in [6.07, 6.45) is 3.77. The molecule has 0 radical (unpaired) electrons. The maximum Gasteiger partial charge on any atom is 0.410 e. The summed E-state index contributed by atoms with van der Waals surface area (Å²) in [5, 5.41) is 0. The molecule has 1 fully saturated rings. The number of fused-ring (bicyclic) bond motifs is 2. The van der Waals surface area contributed by atoms with Gasteiger partial charge in [-0.1, -0.05) is 28.1 Å². The summed E-state index contributed by atoms with van der Waals surface area (Å²) in [6, 6.07) is -0.303. The number of carbonyl (C=O) groups excluding carboxylic acids is 2. The van der Waals surface area contributed by atoms with E-state index in [9.17, 15) is 9.59 Å². The molecule has 0 aromatic heterocycles. The topological polar surface area (TPSA) is 46.6 Å². The van der Waals surface area contributed by atoms with Crippen LogP contribution in [-0.2, 0) is 9.53 Å². The number of methoxy groups -OCH3 is 1. The molecular weight excluding hydrogens is 250 g/mol. The van der Waals surface area contributed by atoms with Crippen LogP contribution in [-0.4, -0.2) is 40.8 Å². The van der Waals surface area contributed by atoms with Gasteiger partial charge in [-0.25, -0.2) is 4.79 Å². The maximum absolute atomic E-state index is 11.4. The molecule has 3 atom stereocenters. The average molecular weight is 260 g/mol. The van der Waals surface area contributed by atoms with Gasteiger partial charge in [-0.3, -0.25) is 9.69 Å². The Morgan fingerprint density at radius 2 is 2.36 bits per heavy atom. The van der Waals surface area contributed by atoms with Crippen molar-refractivity contribution in [1.82, 2.24) is 4.90 Å². The quantitative estimate of drug-likeness (QED) is 0.484. The minimum absolute atomic E-state index is 0.117. The molecule has 76 valence electrons. The van der Waals surface area contributed by atoms with Crippen molar-refractivity contribution >= 4 is 27.8 Å². The van der Waals surface area contributed by atoms with Gasteiger partial charge in [0.1, 0.15) is 0 Å². The number of hydrogen-bond acceptors (Lipinski definition) is 3. The summed E-state index contributed by atoms with van der Waals surface area (Å²) < 4.78 is 4.67. The molecule has 5 heteroatoms. The van der Waals surface area contributed by atoms with E-state index in [4.69, 9.17) is 0 Å². The van der Waals surface area contributed by atoms with Gasteiger partial charge < -0.3 is 4.74 Å². The number of hydrogen-bond donors (Lipinski definition) is 0. The molecular formula is C9H10BrNO3. The Bertz CT molecular complexity index is 315. The summed E-state index contributed by atoms with van der Waals surface area (Å²) >= 11 is 3.29. The van der Waals surface area contributed by atoms with Crippen molar-refractivity contribution in [1.29, 1.82) is 0 Å². The zero-order valence-electron chi connectivity index (χ0n) is 7.64. The number of carbonyl (C=O) groups is 2. The molecule has 0 spiro atoms. The highest BCUT2D eigenvalue weighted by Crippen LogP contribution is 2.32. The molecule has 4 nitrogen and oxygen atoms in total. The highest BCUT2D eigenvalue weighted by molar-refractivity contribution is 9.10. The highest BCUT2D eigenvalue weighted by Gasteiger charge is 2.45. The molecule has 0 aromatic rings.